The topological polar surface area (TPSA) is 20.2 Å². The fourth-order valence-corrected chi connectivity index (χ4v) is 2.25. The predicted octanol–water partition coefficient (Wildman–Crippen LogP) is 5.23. The van der Waals surface area contributed by atoms with Crippen LogP contribution in [0.3, 0.4) is 0 Å². The van der Waals surface area contributed by atoms with Crippen molar-refractivity contribution in [2.45, 2.75) is 12.3 Å². The molecule has 0 aliphatic rings. The summed E-state index contributed by atoms with van der Waals surface area (Å²) in [6, 6.07) is 6.67. The van der Waals surface area contributed by atoms with Crippen LogP contribution in [0, 0.1) is 5.82 Å². The van der Waals surface area contributed by atoms with Crippen molar-refractivity contribution in [3.63, 3.8) is 0 Å². The van der Waals surface area contributed by atoms with Gasteiger partial charge in [-0.05, 0) is 23.8 Å². The lowest BCUT2D eigenvalue weighted by molar-refractivity contribution is -0.140. The standard InChI is InChI=1S/C14H8Cl2F4O/c15-10-3-1-2-8(12(10)16)13(21)7-4-5-9(11(17)6-7)14(18,19)20/h1-6,13,21H. The number of rotatable bonds is 2. The third-order valence-electron chi connectivity index (χ3n) is 2.89. The summed E-state index contributed by atoms with van der Waals surface area (Å²) in [5.41, 5.74) is -1.26. The van der Waals surface area contributed by atoms with Crippen LogP contribution in [0.15, 0.2) is 36.4 Å². The lowest BCUT2D eigenvalue weighted by Gasteiger charge is -2.15. The van der Waals surface area contributed by atoms with Gasteiger partial charge in [0.2, 0.25) is 0 Å². The molecule has 0 saturated heterocycles. The highest BCUT2D eigenvalue weighted by molar-refractivity contribution is 6.42. The van der Waals surface area contributed by atoms with Crippen molar-refractivity contribution >= 4 is 23.2 Å². The van der Waals surface area contributed by atoms with Crippen LogP contribution in [0.5, 0.6) is 0 Å². The van der Waals surface area contributed by atoms with Gasteiger partial charge in [0, 0.05) is 5.56 Å². The molecule has 1 nitrogen and oxygen atoms in total. The van der Waals surface area contributed by atoms with E-state index in [1.165, 1.54) is 18.2 Å². The van der Waals surface area contributed by atoms with E-state index in [4.69, 9.17) is 23.2 Å². The highest BCUT2D eigenvalue weighted by Crippen LogP contribution is 2.36. The Morgan fingerprint density at radius 1 is 1.05 bits per heavy atom. The third-order valence-corrected chi connectivity index (χ3v) is 3.72. The first-order valence-electron chi connectivity index (χ1n) is 5.70. The number of halogens is 6. The number of benzene rings is 2. The highest BCUT2D eigenvalue weighted by atomic mass is 35.5. The Balaban J connectivity index is 2.43. The molecule has 0 aliphatic heterocycles. The van der Waals surface area contributed by atoms with Crippen LogP contribution in [-0.2, 0) is 6.18 Å². The summed E-state index contributed by atoms with van der Waals surface area (Å²) in [6.07, 6.45) is -6.17. The summed E-state index contributed by atoms with van der Waals surface area (Å²) in [5, 5.41) is 10.4. The Hall–Kier alpha value is -1.30. The zero-order valence-corrected chi connectivity index (χ0v) is 11.8. The first-order valence-corrected chi connectivity index (χ1v) is 6.46. The number of alkyl halides is 3. The molecule has 1 unspecified atom stereocenters. The molecular formula is C14H8Cl2F4O. The summed E-state index contributed by atoms with van der Waals surface area (Å²) in [6.45, 7) is 0. The normalized spacial score (nSPS) is 13.3. The quantitative estimate of drug-likeness (QED) is 0.743. The van der Waals surface area contributed by atoms with Gasteiger partial charge in [-0.25, -0.2) is 4.39 Å². The van der Waals surface area contributed by atoms with Crippen molar-refractivity contribution in [3.05, 3.63) is 69.0 Å². The van der Waals surface area contributed by atoms with E-state index in [0.29, 0.717) is 12.1 Å². The second kappa shape index (κ2) is 5.83. The van der Waals surface area contributed by atoms with Gasteiger partial charge in [-0.3, -0.25) is 0 Å². The van der Waals surface area contributed by atoms with Gasteiger partial charge in [0.1, 0.15) is 11.9 Å². The van der Waals surface area contributed by atoms with E-state index in [-0.39, 0.29) is 21.2 Å². The van der Waals surface area contributed by atoms with E-state index in [0.717, 1.165) is 6.07 Å². The van der Waals surface area contributed by atoms with Gasteiger partial charge in [-0.15, -0.1) is 0 Å². The summed E-state index contributed by atoms with van der Waals surface area (Å²) in [5.74, 6) is -1.46. The minimum atomic E-state index is -4.79. The van der Waals surface area contributed by atoms with Crippen LogP contribution in [0.2, 0.25) is 10.0 Å². The van der Waals surface area contributed by atoms with E-state index >= 15 is 0 Å². The van der Waals surface area contributed by atoms with Gasteiger partial charge < -0.3 is 5.11 Å². The van der Waals surface area contributed by atoms with E-state index in [1.54, 1.807) is 0 Å². The first-order chi connectivity index (χ1) is 9.71. The van der Waals surface area contributed by atoms with Crippen molar-refractivity contribution in [1.29, 1.82) is 0 Å². The van der Waals surface area contributed by atoms with Crippen LogP contribution in [-0.4, -0.2) is 5.11 Å². The highest BCUT2D eigenvalue weighted by Gasteiger charge is 2.34. The molecule has 0 radical (unpaired) electrons. The summed E-state index contributed by atoms with van der Waals surface area (Å²) >= 11 is 11.7. The maximum Gasteiger partial charge on any atom is 0.419 e. The van der Waals surface area contributed by atoms with Crippen LogP contribution < -0.4 is 0 Å². The molecule has 2 rings (SSSR count). The summed E-state index contributed by atoms with van der Waals surface area (Å²) in [4.78, 5) is 0. The molecular weight excluding hydrogens is 331 g/mol. The maximum atomic E-state index is 13.5. The molecule has 2 aromatic carbocycles. The number of hydrogen-bond acceptors (Lipinski definition) is 1. The molecule has 0 heterocycles. The molecule has 0 saturated carbocycles. The molecule has 0 aliphatic carbocycles. The Morgan fingerprint density at radius 3 is 2.29 bits per heavy atom. The molecule has 1 N–H and O–H groups in total. The van der Waals surface area contributed by atoms with Crippen molar-refractivity contribution in [1.82, 2.24) is 0 Å². The molecule has 1 atom stereocenters. The van der Waals surface area contributed by atoms with E-state index in [2.05, 4.69) is 0 Å². The average Bonchev–Trinajstić information content (AvgIpc) is 2.39. The largest absolute Gasteiger partial charge is 0.419 e. The second-order valence-electron chi connectivity index (χ2n) is 4.28. The molecule has 0 amide bonds. The molecule has 7 heteroatoms. The SMILES string of the molecule is OC(c1ccc(C(F)(F)F)c(F)c1)c1cccc(Cl)c1Cl. The smallest absolute Gasteiger partial charge is 0.384 e. The Morgan fingerprint density at radius 2 is 1.71 bits per heavy atom. The van der Waals surface area contributed by atoms with Gasteiger partial charge in [-0.1, -0.05) is 41.4 Å². The summed E-state index contributed by atoms with van der Waals surface area (Å²) < 4.78 is 51.0. The minimum Gasteiger partial charge on any atom is -0.384 e. The second-order valence-corrected chi connectivity index (χ2v) is 5.07. The molecule has 112 valence electrons. The number of hydrogen-bond donors (Lipinski definition) is 1. The molecule has 2 aromatic rings. The lowest BCUT2D eigenvalue weighted by atomic mass is 10.00. The molecule has 21 heavy (non-hydrogen) atoms. The fourth-order valence-electron chi connectivity index (χ4n) is 1.84. The average molecular weight is 339 g/mol. The molecule has 0 fully saturated rings. The van der Waals surface area contributed by atoms with Crippen LogP contribution in [0.25, 0.3) is 0 Å². The Labute approximate surface area is 127 Å². The molecule has 0 bridgehead atoms. The monoisotopic (exact) mass is 338 g/mol. The number of aliphatic hydroxyl groups excluding tert-OH is 1. The van der Waals surface area contributed by atoms with Crippen molar-refractivity contribution in [3.8, 4) is 0 Å². The van der Waals surface area contributed by atoms with Gasteiger partial charge in [0.05, 0.1) is 15.6 Å². The number of aliphatic hydroxyl groups is 1. The van der Waals surface area contributed by atoms with Crippen LogP contribution >= 0.6 is 23.2 Å². The predicted molar refractivity (Wildman–Crippen MR) is 71.9 cm³/mol. The first kappa shape index (κ1) is 16.1. The maximum absolute atomic E-state index is 13.5. The summed E-state index contributed by atoms with van der Waals surface area (Å²) in [7, 11) is 0. The van der Waals surface area contributed by atoms with Gasteiger partial charge in [-0.2, -0.15) is 13.2 Å². The van der Waals surface area contributed by atoms with Gasteiger partial charge in [0.15, 0.2) is 0 Å². The van der Waals surface area contributed by atoms with Gasteiger partial charge >= 0.3 is 6.18 Å². The zero-order chi connectivity index (χ0) is 15.8. The van der Waals surface area contributed by atoms with Crippen molar-refractivity contribution < 1.29 is 22.7 Å². The Kier molecular flexibility index (Phi) is 4.46. The van der Waals surface area contributed by atoms with E-state index < -0.39 is 23.7 Å². The lowest BCUT2D eigenvalue weighted by Crippen LogP contribution is -2.09. The third kappa shape index (κ3) is 3.31. The fraction of sp³-hybridized carbons (Fsp3) is 0.143. The Bertz CT molecular complexity index is 671. The zero-order valence-electron chi connectivity index (χ0n) is 10.3. The molecule has 0 aromatic heterocycles. The van der Waals surface area contributed by atoms with Gasteiger partial charge in [0.25, 0.3) is 0 Å². The van der Waals surface area contributed by atoms with Crippen LogP contribution in [0.1, 0.15) is 22.8 Å². The van der Waals surface area contributed by atoms with Crippen molar-refractivity contribution in [2.75, 3.05) is 0 Å². The minimum absolute atomic E-state index is 0.0512. The van der Waals surface area contributed by atoms with Crippen LogP contribution in [0.4, 0.5) is 17.6 Å². The van der Waals surface area contributed by atoms with Crippen molar-refractivity contribution in [2.24, 2.45) is 0 Å². The van der Waals surface area contributed by atoms with E-state index in [1.807, 2.05) is 0 Å². The van der Waals surface area contributed by atoms with E-state index in [9.17, 15) is 22.7 Å². The molecule has 0 spiro atoms.